The van der Waals surface area contributed by atoms with E-state index < -0.39 is 58.0 Å². The first-order chi connectivity index (χ1) is 40.5. The molecule has 4 aliphatic rings. The number of likely N-dealkylation sites (tertiary alicyclic amines) is 2. The third-order valence-electron chi connectivity index (χ3n) is 15.4. The molecule has 6 aromatic rings. The number of piperidine rings is 2. The van der Waals surface area contributed by atoms with Crippen LogP contribution in [0.25, 0.3) is 0 Å². The lowest BCUT2D eigenvalue weighted by atomic mass is 9.72. The van der Waals surface area contributed by atoms with Crippen molar-refractivity contribution in [1.29, 1.82) is 0 Å². The Kier molecular flexibility index (Phi) is 19.5. The van der Waals surface area contributed by atoms with Gasteiger partial charge in [0, 0.05) is 60.3 Å². The lowest BCUT2D eigenvalue weighted by Gasteiger charge is -2.42. The molecule has 4 amide bonds. The van der Waals surface area contributed by atoms with Crippen LogP contribution in [-0.4, -0.2) is 99.5 Å². The standard InChI is InChI=1S/C31H33F5N4O2.C29H35F3N6O2S2.C2H6/c1-29(2,3)17-39-14-12-30(13-15-39)18-40(27-25(41)11-9-20(26(27)30)31(34,35)36)24-7-5-4-6-23(24)38-28(42)37-19-8-10-21(32)22(33)16-19;1-5-41-26-35-25(42-36-26)34-24(40)33-19-8-6-7-9-20(19)38-17-28(12-14-37(15-13-28)16-27(2,3)4)22-18(29(30,31)32)10-11-21(39)23(22)38;1-2/h4-11,16,41H,12-15,17-18H2,1-3H3,(H2,37,38,42);6-11,39H,5,12-17H2,1-4H3,(H2,33,34,35,36,40);1-2H3. The third kappa shape index (κ3) is 14.7. The van der Waals surface area contributed by atoms with Crippen LogP contribution in [0.15, 0.2) is 96.2 Å². The first-order valence-corrected chi connectivity index (χ1v) is 30.4. The molecule has 1 aromatic heterocycles. The van der Waals surface area contributed by atoms with E-state index in [2.05, 4.69) is 82.0 Å². The quantitative estimate of drug-likeness (QED) is 0.0572. The molecule has 0 unspecified atom stereocenters. The molecule has 4 aliphatic heterocycles. The van der Waals surface area contributed by atoms with E-state index in [1.807, 2.05) is 20.8 Å². The second-order valence-corrected chi connectivity index (χ2v) is 26.2. The molecule has 2 spiro atoms. The number of phenols is 2. The first-order valence-electron chi connectivity index (χ1n) is 28.6. The summed E-state index contributed by atoms with van der Waals surface area (Å²) < 4.78 is 118. The molecule has 0 saturated carbocycles. The highest BCUT2D eigenvalue weighted by Crippen LogP contribution is 2.59. The predicted octanol–water partition coefficient (Wildman–Crippen LogP) is 16.4. The van der Waals surface area contributed by atoms with Gasteiger partial charge in [0.1, 0.15) is 11.5 Å². The van der Waals surface area contributed by atoms with Crippen LogP contribution in [0.5, 0.6) is 11.5 Å². The Balaban J connectivity index is 0.000000217. The van der Waals surface area contributed by atoms with E-state index in [0.717, 1.165) is 66.8 Å². The number of carbonyl (C=O) groups is 2. The van der Waals surface area contributed by atoms with Crippen LogP contribution in [0, 0.1) is 22.5 Å². The summed E-state index contributed by atoms with van der Waals surface area (Å²) in [5.41, 5.74) is -1.09. The Hall–Kier alpha value is -6.89. The van der Waals surface area contributed by atoms with Crippen LogP contribution in [-0.2, 0) is 23.2 Å². The number of aromatic nitrogens is 2. The fourth-order valence-electron chi connectivity index (χ4n) is 12.2. The van der Waals surface area contributed by atoms with Gasteiger partial charge in [-0.15, -0.1) is 0 Å². The van der Waals surface area contributed by atoms with E-state index in [0.29, 0.717) is 79.2 Å². The van der Waals surface area contributed by atoms with Gasteiger partial charge < -0.3 is 45.8 Å². The van der Waals surface area contributed by atoms with Gasteiger partial charge in [-0.2, -0.15) is 35.7 Å². The number of rotatable bonds is 10. The van der Waals surface area contributed by atoms with Gasteiger partial charge in [-0.1, -0.05) is 98.3 Å². The summed E-state index contributed by atoms with van der Waals surface area (Å²) in [6.45, 7) is 23.4. The van der Waals surface area contributed by atoms with Gasteiger partial charge in [0.25, 0.3) is 0 Å². The second-order valence-electron chi connectivity index (χ2n) is 24.3. The van der Waals surface area contributed by atoms with E-state index >= 15 is 0 Å². The van der Waals surface area contributed by atoms with Crippen LogP contribution < -0.4 is 31.1 Å². The Morgan fingerprint density at radius 1 is 0.605 bits per heavy atom. The molecule has 86 heavy (non-hydrogen) atoms. The normalized spacial score (nSPS) is 16.6. The van der Waals surface area contributed by atoms with E-state index in [9.17, 15) is 54.9 Å². The number of alkyl halides is 6. The highest BCUT2D eigenvalue weighted by molar-refractivity contribution is 7.99. The van der Waals surface area contributed by atoms with Gasteiger partial charge in [-0.05, 0) is 140 Å². The molecule has 0 atom stereocenters. The number of carbonyl (C=O) groups excluding carboxylic acids is 2. The molecule has 5 aromatic carbocycles. The maximum absolute atomic E-state index is 14.5. The molecule has 6 N–H and O–H groups in total. The molecule has 0 radical (unpaired) electrons. The van der Waals surface area contributed by atoms with E-state index in [4.69, 9.17) is 0 Å². The van der Waals surface area contributed by atoms with E-state index in [-0.39, 0.29) is 69.3 Å². The zero-order valence-electron chi connectivity index (χ0n) is 49.6. The topological polar surface area (TPSA) is 161 Å². The number of nitrogens with zero attached hydrogens (tertiary/aromatic N) is 6. The maximum Gasteiger partial charge on any atom is 0.416 e. The van der Waals surface area contributed by atoms with Crippen molar-refractivity contribution in [3.63, 3.8) is 0 Å². The minimum Gasteiger partial charge on any atom is -0.506 e. The number of urea groups is 2. The molecule has 5 heterocycles. The molecule has 24 heteroatoms. The minimum atomic E-state index is -4.63. The summed E-state index contributed by atoms with van der Waals surface area (Å²) in [5.74, 6) is -1.90. The second kappa shape index (κ2) is 25.8. The third-order valence-corrected chi connectivity index (χ3v) is 16.9. The molecule has 14 nitrogen and oxygen atoms in total. The summed E-state index contributed by atoms with van der Waals surface area (Å²) >= 11 is 2.52. The van der Waals surface area contributed by atoms with Crippen molar-refractivity contribution < 1.29 is 54.9 Å². The Morgan fingerprint density at radius 3 is 1.44 bits per heavy atom. The zero-order chi connectivity index (χ0) is 62.7. The average molecular weight is 1240 g/mol. The average Bonchev–Trinajstić information content (AvgIpc) is 1.60. The number of para-hydroxylation sites is 4. The maximum atomic E-state index is 14.5. The number of nitrogens with one attached hydrogen (secondary N) is 4. The highest BCUT2D eigenvalue weighted by atomic mass is 32.2. The highest BCUT2D eigenvalue weighted by Gasteiger charge is 2.54. The van der Waals surface area contributed by atoms with Crippen LogP contribution in [0.2, 0.25) is 0 Å². The van der Waals surface area contributed by atoms with Gasteiger partial charge >= 0.3 is 24.4 Å². The lowest BCUT2D eigenvalue weighted by molar-refractivity contribution is -0.139. The van der Waals surface area contributed by atoms with Crippen LogP contribution >= 0.6 is 23.3 Å². The largest absolute Gasteiger partial charge is 0.506 e. The SMILES string of the molecule is CC.CC(C)(C)CN1CCC2(CC1)CN(c1ccccc1NC(=O)Nc1ccc(F)c(F)c1)c1c(O)ccc(C(F)(F)F)c12.CCSc1nsc(NC(=O)Nc2ccccc2N2CC3(CCN(CC(C)(C)C)CC3)c3c(C(F)(F)F)ccc(O)c32)n1. The smallest absolute Gasteiger partial charge is 0.416 e. The molecule has 0 aliphatic carbocycles. The number of hydrogen-bond donors (Lipinski definition) is 6. The Bertz CT molecular complexity index is 3390. The van der Waals surface area contributed by atoms with Crippen molar-refractivity contribution in [2.45, 2.75) is 116 Å². The number of anilines is 8. The number of halogens is 8. The molecule has 2 fully saturated rings. The summed E-state index contributed by atoms with van der Waals surface area (Å²) in [6.07, 6.45) is -7.26. The predicted molar refractivity (Wildman–Crippen MR) is 326 cm³/mol. The summed E-state index contributed by atoms with van der Waals surface area (Å²) in [5, 5.41) is 33.6. The number of hydrogen-bond acceptors (Lipinski definition) is 12. The number of phenolic OH excluding ortho intramolecular Hbond substituents is 2. The lowest BCUT2D eigenvalue weighted by Crippen LogP contribution is -2.47. The zero-order valence-corrected chi connectivity index (χ0v) is 51.2. The molecular formula is C62H74F8N10O4S2. The number of thioether (sulfide) groups is 1. The van der Waals surface area contributed by atoms with Crippen LogP contribution in [0.4, 0.5) is 89.7 Å². The van der Waals surface area contributed by atoms with Crippen molar-refractivity contribution in [2.24, 2.45) is 10.8 Å². The minimum absolute atomic E-state index is 0.0174. The Labute approximate surface area is 504 Å². The van der Waals surface area contributed by atoms with Crippen molar-refractivity contribution in [3.05, 3.63) is 125 Å². The molecule has 0 bridgehead atoms. The van der Waals surface area contributed by atoms with Crippen molar-refractivity contribution in [2.75, 3.05) is 89.2 Å². The fraction of sp³-hybridized carbons (Fsp3) is 0.452. The number of fused-ring (bicyclic) bond motifs is 4. The molecular weight excluding hydrogens is 1160 g/mol. The first kappa shape index (κ1) is 65.1. The van der Waals surface area contributed by atoms with Crippen LogP contribution in [0.1, 0.15) is 110 Å². The Morgan fingerprint density at radius 2 is 1.03 bits per heavy atom. The van der Waals surface area contributed by atoms with E-state index in [1.165, 1.54) is 17.8 Å². The molecule has 464 valence electrons. The van der Waals surface area contributed by atoms with Crippen molar-refractivity contribution >= 4 is 80.3 Å². The van der Waals surface area contributed by atoms with Crippen molar-refractivity contribution in [3.8, 4) is 11.5 Å². The fourth-order valence-corrected chi connectivity index (χ4v) is 13.5. The van der Waals surface area contributed by atoms with Gasteiger partial charge in [0.05, 0.1) is 45.3 Å². The van der Waals surface area contributed by atoms with Gasteiger partial charge in [-0.25, -0.2) is 18.4 Å². The number of benzene rings is 5. The van der Waals surface area contributed by atoms with Gasteiger partial charge in [-0.3, -0.25) is 5.32 Å². The summed E-state index contributed by atoms with van der Waals surface area (Å²) in [6, 6.07) is 19.2. The summed E-state index contributed by atoms with van der Waals surface area (Å²) in [4.78, 5) is 38.0. The molecule has 2 saturated heterocycles. The van der Waals surface area contributed by atoms with E-state index in [1.54, 1.807) is 58.3 Å². The molecule has 10 rings (SSSR count). The summed E-state index contributed by atoms with van der Waals surface area (Å²) in [7, 11) is 0. The van der Waals surface area contributed by atoms with Gasteiger partial charge in [0.2, 0.25) is 10.3 Å². The van der Waals surface area contributed by atoms with Crippen molar-refractivity contribution in [1.82, 2.24) is 19.2 Å². The number of aromatic hydroxyl groups is 2. The van der Waals surface area contributed by atoms with Gasteiger partial charge in [0.15, 0.2) is 11.6 Å². The monoisotopic (exact) mass is 1240 g/mol. The van der Waals surface area contributed by atoms with Crippen LogP contribution in [0.3, 0.4) is 0 Å². The number of amides is 4.